The molecular formula is C14H24ClNO. The van der Waals surface area contributed by atoms with Crippen LogP contribution in [-0.2, 0) is 11.3 Å². The zero-order chi connectivity index (χ0) is 11.6. The van der Waals surface area contributed by atoms with E-state index in [0.717, 1.165) is 32.7 Å². The highest BCUT2D eigenvalue weighted by Crippen LogP contribution is 2.02. The van der Waals surface area contributed by atoms with Crippen LogP contribution in [-0.4, -0.2) is 19.8 Å². The van der Waals surface area contributed by atoms with Crippen LogP contribution in [0.15, 0.2) is 24.3 Å². The summed E-state index contributed by atoms with van der Waals surface area (Å²) in [6.07, 6.45) is 2.33. The number of aryl methyl sites for hydroxylation is 1. The average Bonchev–Trinajstić information content (AvgIpc) is 2.30. The Morgan fingerprint density at radius 2 is 1.82 bits per heavy atom. The Morgan fingerprint density at radius 1 is 1.12 bits per heavy atom. The third kappa shape index (κ3) is 8.19. The van der Waals surface area contributed by atoms with Crippen LogP contribution in [0.2, 0.25) is 0 Å². The van der Waals surface area contributed by atoms with E-state index in [2.05, 4.69) is 36.5 Å². The summed E-state index contributed by atoms with van der Waals surface area (Å²) in [5, 5.41) is 3.44. The Balaban J connectivity index is 0.00000256. The van der Waals surface area contributed by atoms with Crippen molar-refractivity contribution in [1.29, 1.82) is 0 Å². The van der Waals surface area contributed by atoms with E-state index in [1.807, 2.05) is 6.92 Å². The van der Waals surface area contributed by atoms with E-state index in [4.69, 9.17) is 4.74 Å². The molecule has 98 valence electrons. The minimum absolute atomic E-state index is 0. The molecule has 0 amide bonds. The molecule has 0 aromatic heterocycles. The minimum atomic E-state index is 0. The zero-order valence-electron chi connectivity index (χ0n) is 10.9. The van der Waals surface area contributed by atoms with Crippen molar-refractivity contribution in [1.82, 2.24) is 5.32 Å². The van der Waals surface area contributed by atoms with E-state index < -0.39 is 0 Å². The van der Waals surface area contributed by atoms with Gasteiger partial charge in [-0.1, -0.05) is 29.8 Å². The lowest BCUT2D eigenvalue weighted by Gasteiger charge is -2.05. The summed E-state index contributed by atoms with van der Waals surface area (Å²) in [7, 11) is 0. The van der Waals surface area contributed by atoms with Crippen molar-refractivity contribution in [3.63, 3.8) is 0 Å². The van der Waals surface area contributed by atoms with Crippen LogP contribution in [0.1, 0.15) is 30.9 Å². The van der Waals surface area contributed by atoms with E-state index >= 15 is 0 Å². The summed E-state index contributed by atoms with van der Waals surface area (Å²) >= 11 is 0. The van der Waals surface area contributed by atoms with Gasteiger partial charge in [0, 0.05) is 19.8 Å². The fourth-order valence-corrected chi connectivity index (χ4v) is 1.54. The highest BCUT2D eigenvalue weighted by molar-refractivity contribution is 5.85. The highest BCUT2D eigenvalue weighted by atomic mass is 35.5. The van der Waals surface area contributed by atoms with Gasteiger partial charge in [0.05, 0.1) is 0 Å². The van der Waals surface area contributed by atoms with Crippen molar-refractivity contribution < 1.29 is 4.74 Å². The third-order valence-electron chi connectivity index (χ3n) is 2.55. The maximum absolute atomic E-state index is 5.28. The van der Waals surface area contributed by atoms with E-state index in [1.165, 1.54) is 17.5 Å². The Hall–Kier alpha value is -0.570. The fourth-order valence-electron chi connectivity index (χ4n) is 1.54. The van der Waals surface area contributed by atoms with Gasteiger partial charge in [0.2, 0.25) is 0 Å². The van der Waals surface area contributed by atoms with Gasteiger partial charge in [-0.3, -0.25) is 0 Å². The molecule has 0 saturated carbocycles. The number of benzene rings is 1. The lowest BCUT2D eigenvalue weighted by molar-refractivity contribution is 0.143. The first-order valence-corrected chi connectivity index (χ1v) is 6.17. The van der Waals surface area contributed by atoms with E-state index in [9.17, 15) is 0 Å². The Bertz CT molecular complexity index is 274. The Kier molecular flexibility index (Phi) is 10.2. The van der Waals surface area contributed by atoms with Gasteiger partial charge in [-0.2, -0.15) is 0 Å². The summed E-state index contributed by atoms with van der Waals surface area (Å²) in [5.41, 5.74) is 2.68. The van der Waals surface area contributed by atoms with Crippen LogP contribution < -0.4 is 5.32 Å². The van der Waals surface area contributed by atoms with Gasteiger partial charge in [0.25, 0.3) is 0 Å². The smallest absolute Gasteiger partial charge is 0.0466 e. The molecule has 0 aliphatic heterocycles. The summed E-state index contributed by atoms with van der Waals surface area (Å²) in [6, 6.07) is 8.68. The van der Waals surface area contributed by atoms with Gasteiger partial charge in [-0.15, -0.1) is 12.4 Å². The number of hydrogen-bond acceptors (Lipinski definition) is 2. The van der Waals surface area contributed by atoms with Crippen LogP contribution in [0, 0.1) is 6.92 Å². The van der Waals surface area contributed by atoms with Crippen LogP contribution in [0.25, 0.3) is 0 Å². The molecule has 0 aliphatic carbocycles. The van der Waals surface area contributed by atoms with Crippen molar-refractivity contribution in [2.75, 3.05) is 19.8 Å². The molecule has 1 aromatic carbocycles. The lowest BCUT2D eigenvalue weighted by Crippen LogP contribution is -2.15. The topological polar surface area (TPSA) is 21.3 Å². The molecule has 17 heavy (non-hydrogen) atoms. The maximum atomic E-state index is 5.28. The maximum Gasteiger partial charge on any atom is 0.0466 e. The van der Waals surface area contributed by atoms with Gasteiger partial charge in [0.15, 0.2) is 0 Å². The summed E-state index contributed by atoms with van der Waals surface area (Å²) in [4.78, 5) is 0. The van der Waals surface area contributed by atoms with Crippen LogP contribution >= 0.6 is 12.4 Å². The number of rotatable bonds is 8. The Morgan fingerprint density at radius 3 is 2.47 bits per heavy atom. The normalized spacial score (nSPS) is 10.0. The number of unbranched alkanes of at least 4 members (excludes halogenated alkanes) is 1. The second kappa shape index (κ2) is 10.6. The van der Waals surface area contributed by atoms with Crippen LogP contribution in [0.5, 0.6) is 0 Å². The molecule has 0 aliphatic rings. The zero-order valence-corrected chi connectivity index (χ0v) is 11.7. The molecular weight excluding hydrogens is 234 g/mol. The molecule has 1 aromatic rings. The molecule has 0 bridgehead atoms. The van der Waals surface area contributed by atoms with Gasteiger partial charge in [-0.25, -0.2) is 0 Å². The van der Waals surface area contributed by atoms with Gasteiger partial charge in [-0.05, 0) is 38.8 Å². The van der Waals surface area contributed by atoms with E-state index in [-0.39, 0.29) is 12.4 Å². The third-order valence-corrected chi connectivity index (χ3v) is 2.55. The minimum Gasteiger partial charge on any atom is -0.382 e. The molecule has 0 atom stereocenters. The van der Waals surface area contributed by atoms with Crippen molar-refractivity contribution in [3.8, 4) is 0 Å². The molecule has 2 nitrogen and oxygen atoms in total. The molecule has 0 saturated heterocycles. The van der Waals surface area contributed by atoms with E-state index in [1.54, 1.807) is 0 Å². The first kappa shape index (κ1) is 16.4. The standard InChI is InChI=1S/C14H23NO.ClH/c1-3-16-11-5-4-10-15-12-14-8-6-13(2)7-9-14;/h6-9,15H,3-5,10-12H2,1-2H3;1H. The fraction of sp³-hybridized carbons (Fsp3) is 0.571. The molecule has 0 unspecified atom stereocenters. The number of ether oxygens (including phenoxy) is 1. The molecule has 0 radical (unpaired) electrons. The van der Waals surface area contributed by atoms with Crippen molar-refractivity contribution in [2.45, 2.75) is 33.2 Å². The predicted octanol–water partition coefficient (Wildman–Crippen LogP) is 3.32. The summed E-state index contributed by atoms with van der Waals surface area (Å²) < 4.78 is 5.28. The summed E-state index contributed by atoms with van der Waals surface area (Å²) in [5.74, 6) is 0. The molecule has 0 heterocycles. The summed E-state index contributed by atoms with van der Waals surface area (Å²) in [6.45, 7) is 7.91. The number of nitrogens with one attached hydrogen (secondary N) is 1. The quantitative estimate of drug-likeness (QED) is 0.722. The molecule has 1 rings (SSSR count). The average molecular weight is 258 g/mol. The van der Waals surface area contributed by atoms with Crippen LogP contribution in [0.4, 0.5) is 0 Å². The van der Waals surface area contributed by atoms with E-state index in [0.29, 0.717) is 0 Å². The molecule has 0 spiro atoms. The lowest BCUT2D eigenvalue weighted by atomic mass is 10.1. The number of hydrogen-bond donors (Lipinski definition) is 1. The highest BCUT2D eigenvalue weighted by Gasteiger charge is 1.92. The molecule has 3 heteroatoms. The predicted molar refractivity (Wildman–Crippen MR) is 75.9 cm³/mol. The largest absolute Gasteiger partial charge is 0.382 e. The number of halogens is 1. The second-order valence-corrected chi connectivity index (χ2v) is 4.07. The van der Waals surface area contributed by atoms with Crippen molar-refractivity contribution in [3.05, 3.63) is 35.4 Å². The van der Waals surface area contributed by atoms with Gasteiger partial charge in [0.1, 0.15) is 0 Å². The van der Waals surface area contributed by atoms with Crippen LogP contribution in [0.3, 0.4) is 0 Å². The van der Waals surface area contributed by atoms with Crippen molar-refractivity contribution >= 4 is 12.4 Å². The Labute approximate surface area is 111 Å². The first-order chi connectivity index (χ1) is 7.83. The second-order valence-electron chi connectivity index (χ2n) is 4.07. The molecule has 0 fully saturated rings. The first-order valence-electron chi connectivity index (χ1n) is 6.17. The van der Waals surface area contributed by atoms with Gasteiger partial charge >= 0.3 is 0 Å². The molecule has 1 N–H and O–H groups in total. The van der Waals surface area contributed by atoms with Crippen molar-refractivity contribution in [2.24, 2.45) is 0 Å². The monoisotopic (exact) mass is 257 g/mol. The van der Waals surface area contributed by atoms with Gasteiger partial charge < -0.3 is 10.1 Å². The SMILES string of the molecule is CCOCCCCNCc1ccc(C)cc1.Cl.